The Bertz CT molecular complexity index is 519. The van der Waals surface area contributed by atoms with Crippen LogP contribution in [0.4, 0.5) is 5.69 Å². The van der Waals surface area contributed by atoms with E-state index in [2.05, 4.69) is 24.6 Å². The molecule has 5 nitrogen and oxygen atoms in total. The van der Waals surface area contributed by atoms with Crippen LogP contribution in [0.3, 0.4) is 0 Å². The van der Waals surface area contributed by atoms with E-state index < -0.39 is 0 Å². The van der Waals surface area contributed by atoms with Gasteiger partial charge in [0.1, 0.15) is 0 Å². The molecule has 2 unspecified atom stereocenters. The van der Waals surface area contributed by atoms with E-state index in [-0.39, 0.29) is 23.5 Å². The molecule has 0 saturated heterocycles. The lowest BCUT2D eigenvalue weighted by Gasteiger charge is -2.51. The number of hydrogen-bond acceptors (Lipinski definition) is 4. The highest BCUT2D eigenvalue weighted by Gasteiger charge is 2.49. The third-order valence-corrected chi connectivity index (χ3v) is 4.38. The van der Waals surface area contributed by atoms with Gasteiger partial charge in [-0.15, -0.1) is 0 Å². The summed E-state index contributed by atoms with van der Waals surface area (Å²) in [6, 6.07) is 5.04. The number of carbonyl (C=O) groups excluding carboxylic acids is 1. The van der Waals surface area contributed by atoms with E-state index in [1.165, 1.54) is 0 Å². The van der Waals surface area contributed by atoms with Crippen LogP contribution in [-0.2, 0) is 4.74 Å². The van der Waals surface area contributed by atoms with Gasteiger partial charge in [-0.05, 0) is 24.6 Å². The summed E-state index contributed by atoms with van der Waals surface area (Å²) in [5, 5.41) is 3.51. The first-order chi connectivity index (χ1) is 9.40. The highest BCUT2D eigenvalue weighted by molar-refractivity contribution is 6.31. The van der Waals surface area contributed by atoms with Crippen molar-refractivity contribution in [3.63, 3.8) is 0 Å². The molecule has 1 fully saturated rings. The molecule has 0 heterocycles. The normalized spacial score (nSPS) is 23.9. The number of nitrogen functional groups attached to an aromatic ring is 1. The van der Waals surface area contributed by atoms with Crippen LogP contribution in [0.2, 0.25) is 5.02 Å². The molecule has 4 N–H and O–H groups in total. The Labute approximate surface area is 123 Å². The number of halogens is 1. The predicted molar refractivity (Wildman–Crippen MR) is 79.7 cm³/mol. The molecule has 0 spiro atoms. The summed E-state index contributed by atoms with van der Waals surface area (Å²) < 4.78 is 5.38. The van der Waals surface area contributed by atoms with Crippen molar-refractivity contribution in [3.05, 3.63) is 28.8 Å². The fourth-order valence-corrected chi connectivity index (χ4v) is 2.77. The SMILES string of the molecule is COC1CC(NC(=O)c2cc(Cl)ccc2NN)C1(C)C. The maximum Gasteiger partial charge on any atom is 0.253 e. The average molecular weight is 298 g/mol. The second-order valence-corrected chi connectivity index (χ2v) is 6.08. The van der Waals surface area contributed by atoms with E-state index in [4.69, 9.17) is 22.2 Å². The summed E-state index contributed by atoms with van der Waals surface area (Å²) in [4.78, 5) is 12.4. The van der Waals surface area contributed by atoms with Crippen molar-refractivity contribution in [3.8, 4) is 0 Å². The molecule has 1 aliphatic rings. The van der Waals surface area contributed by atoms with Gasteiger partial charge in [0, 0.05) is 23.6 Å². The summed E-state index contributed by atoms with van der Waals surface area (Å²) >= 11 is 5.94. The number of methoxy groups -OCH3 is 1. The zero-order chi connectivity index (χ0) is 14.9. The highest BCUT2D eigenvalue weighted by Crippen LogP contribution is 2.42. The van der Waals surface area contributed by atoms with Crippen molar-refractivity contribution < 1.29 is 9.53 Å². The number of benzene rings is 1. The summed E-state index contributed by atoms with van der Waals surface area (Å²) in [7, 11) is 1.69. The van der Waals surface area contributed by atoms with Crippen LogP contribution in [0.25, 0.3) is 0 Å². The molecule has 1 saturated carbocycles. The van der Waals surface area contributed by atoms with Gasteiger partial charge < -0.3 is 15.5 Å². The molecule has 1 aromatic carbocycles. The zero-order valence-electron chi connectivity index (χ0n) is 11.9. The Balaban J connectivity index is 2.12. The Morgan fingerprint density at radius 3 is 2.75 bits per heavy atom. The molecular weight excluding hydrogens is 278 g/mol. The van der Waals surface area contributed by atoms with Gasteiger partial charge in [-0.3, -0.25) is 10.6 Å². The van der Waals surface area contributed by atoms with Crippen LogP contribution in [0.1, 0.15) is 30.6 Å². The summed E-state index contributed by atoms with van der Waals surface area (Å²) in [5.74, 6) is 5.23. The van der Waals surface area contributed by atoms with Crippen LogP contribution in [0.5, 0.6) is 0 Å². The predicted octanol–water partition coefficient (Wildman–Crippen LogP) is 2.17. The van der Waals surface area contributed by atoms with Gasteiger partial charge in [0.05, 0.1) is 17.4 Å². The largest absolute Gasteiger partial charge is 0.381 e. The highest BCUT2D eigenvalue weighted by atomic mass is 35.5. The first-order valence-electron chi connectivity index (χ1n) is 6.50. The second kappa shape index (κ2) is 5.60. The van der Waals surface area contributed by atoms with E-state index in [9.17, 15) is 4.79 Å². The molecule has 110 valence electrons. The maximum absolute atomic E-state index is 12.4. The number of amides is 1. The number of ether oxygens (including phenoxy) is 1. The standard InChI is InChI=1S/C14H20ClN3O2/c1-14(2)11(7-12(14)20-3)17-13(19)9-6-8(15)4-5-10(9)18-16/h4-6,11-12,18H,7,16H2,1-3H3,(H,17,19). The summed E-state index contributed by atoms with van der Waals surface area (Å²) in [6.07, 6.45) is 0.973. The quantitative estimate of drug-likeness (QED) is 0.588. The molecular formula is C14H20ClN3O2. The zero-order valence-corrected chi connectivity index (χ0v) is 12.6. The number of hydrazine groups is 1. The first kappa shape index (κ1) is 15.1. The van der Waals surface area contributed by atoms with E-state index in [0.717, 1.165) is 6.42 Å². The lowest BCUT2D eigenvalue weighted by Crippen LogP contribution is -2.61. The van der Waals surface area contributed by atoms with Crippen molar-refractivity contribution in [2.75, 3.05) is 12.5 Å². The monoisotopic (exact) mass is 297 g/mol. The van der Waals surface area contributed by atoms with Crippen molar-refractivity contribution >= 4 is 23.2 Å². The number of anilines is 1. The fourth-order valence-electron chi connectivity index (χ4n) is 2.60. The minimum Gasteiger partial charge on any atom is -0.381 e. The topological polar surface area (TPSA) is 76.4 Å². The molecule has 0 aliphatic heterocycles. The average Bonchev–Trinajstić information content (AvgIpc) is 2.42. The lowest BCUT2D eigenvalue weighted by atomic mass is 9.64. The van der Waals surface area contributed by atoms with Crippen molar-refractivity contribution in [2.45, 2.75) is 32.4 Å². The van der Waals surface area contributed by atoms with Gasteiger partial charge >= 0.3 is 0 Å². The van der Waals surface area contributed by atoms with Crippen LogP contribution in [0, 0.1) is 5.41 Å². The molecule has 0 bridgehead atoms. The van der Waals surface area contributed by atoms with Gasteiger partial charge in [-0.25, -0.2) is 0 Å². The van der Waals surface area contributed by atoms with Gasteiger partial charge in [-0.1, -0.05) is 25.4 Å². The number of hydrogen-bond donors (Lipinski definition) is 3. The molecule has 1 aliphatic carbocycles. The second-order valence-electron chi connectivity index (χ2n) is 5.64. The molecule has 0 radical (unpaired) electrons. The van der Waals surface area contributed by atoms with Gasteiger partial charge in [-0.2, -0.15) is 0 Å². The lowest BCUT2D eigenvalue weighted by molar-refractivity contribution is -0.0942. The van der Waals surface area contributed by atoms with Crippen LogP contribution < -0.4 is 16.6 Å². The smallest absolute Gasteiger partial charge is 0.253 e. The Kier molecular flexibility index (Phi) is 4.22. The van der Waals surface area contributed by atoms with E-state index in [1.807, 2.05) is 0 Å². The van der Waals surface area contributed by atoms with E-state index in [0.29, 0.717) is 16.3 Å². The number of nitrogens with two attached hydrogens (primary N) is 1. The van der Waals surface area contributed by atoms with Crippen LogP contribution >= 0.6 is 11.6 Å². The molecule has 20 heavy (non-hydrogen) atoms. The van der Waals surface area contributed by atoms with E-state index >= 15 is 0 Å². The van der Waals surface area contributed by atoms with Crippen molar-refractivity contribution in [1.82, 2.24) is 5.32 Å². The third kappa shape index (κ3) is 2.61. The van der Waals surface area contributed by atoms with Gasteiger partial charge in [0.2, 0.25) is 0 Å². The Morgan fingerprint density at radius 2 is 2.20 bits per heavy atom. The van der Waals surface area contributed by atoms with Crippen LogP contribution in [0.15, 0.2) is 18.2 Å². The maximum atomic E-state index is 12.4. The van der Waals surface area contributed by atoms with Crippen LogP contribution in [-0.4, -0.2) is 25.2 Å². The minimum atomic E-state index is -0.187. The first-order valence-corrected chi connectivity index (χ1v) is 6.87. The Hall–Kier alpha value is -1.30. The summed E-state index contributed by atoms with van der Waals surface area (Å²) in [6.45, 7) is 4.16. The molecule has 6 heteroatoms. The summed E-state index contributed by atoms with van der Waals surface area (Å²) in [5.41, 5.74) is 3.42. The number of rotatable bonds is 4. The molecule has 1 amide bonds. The number of nitrogens with one attached hydrogen (secondary N) is 2. The van der Waals surface area contributed by atoms with E-state index in [1.54, 1.807) is 25.3 Å². The molecule has 1 aromatic rings. The van der Waals surface area contributed by atoms with Gasteiger partial charge in [0.25, 0.3) is 5.91 Å². The minimum absolute atomic E-state index is 0.0737. The number of carbonyl (C=O) groups is 1. The fraction of sp³-hybridized carbons (Fsp3) is 0.500. The molecule has 2 rings (SSSR count). The molecule has 2 atom stereocenters. The van der Waals surface area contributed by atoms with Gasteiger partial charge in [0.15, 0.2) is 0 Å². The van der Waals surface area contributed by atoms with Crippen molar-refractivity contribution in [1.29, 1.82) is 0 Å². The Morgan fingerprint density at radius 1 is 1.50 bits per heavy atom. The van der Waals surface area contributed by atoms with Crippen molar-refractivity contribution in [2.24, 2.45) is 11.3 Å². The third-order valence-electron chi connectivity index (χ3n) is 4.15. The molecule has 0 aromatic heterocycles.